The van der Waals surface area contributed by atoms with Gasteiger partial charge in [-0.05, 0) is 48.9 Å². The Kier molecular flexibility index (Phi) is 6.46. The highest BCUT2D eigenvalue weighted by Crippen LogP contribution is 2.43. The number of sulfone groups is 1. The molecule has 1 aromatic heterocycles. The summed E-state index contributed by atoms with van der Waals surface area (Å²) >= 11 is -1.52. The molecule has 0 bridgehead atoms. The largest absolute Gasteiger partial charge is 0.475 e. The van der Waals surface area contributed by atoms with Crippen LogP contribution in [0.3, 0.4) is 0 Å². The lowest BCUT2D eigenvalue weighted by molar-refractivity contribution is -0.142. The lowest BCUT2D eigenvalue weighted by Crippen LogP contribution is -2.21. The molecule has 180 valence electrons. The number of hydrogen-bond donors (Lipinski definition) is 1. The van der Waals surface area contributed by atoms with E-state index in [1.54, 1.807) is 13.0 Å². The first-order valence-electron chi connectivity index (χ1n) is 9.74. The van der Waals surface area contributed by atoms with Crippen LogP contribution in [0, 0.1) is 12.7 Å². The van der Waals surface area contributed by atoms with Crippen LogP contribution in [-0.4, -0.2) is 55.1 Å². The summed E-state index contributed by atoms with van der Waals surface area (Å²) in [5.74, 6) is -0.995. The van der Waals surface area contributed by atoms with Crippen molar-refractivity contribution in [2.75, 3.05) is 24.3 Å². The Labute approximate surface area is 201 Å². The summed E-state index contributed by atoms with van der Waals surface area (Å²) in [5, 5.41) is 0.842. The standard InChI is InChI=1S/C21H19FN2O7S3/c1-11-14-9-13(22)5-7-17(14)32-20(11)24(33(26)27)16-6-4-12(8-18(16)34(3,28)29)19-23-15(10-31-19)21(25)30-2/h4-9,15H,10H2,1-3H3,(H,26,27). The molecule has 0 amide bonds. The predicted octanol–water partition coefficient (Wildman–Crippen LogP) is 3.35. The van der Waals surface area contributed by atoms with Crippen molar-refractivity contribution >= 4 is 65.1 Å². The first-order valence-corrected chi connectivity index (χ1v) is 13.5. The van der Waals surface area contributed by atoms with E-state index in [0.717, 1.165) is 21.9 Å². The van der Waals surface area contributed by atoms with Gasteiger partial charge >= 0.3 is 5.97 Å². The molecule has 1 N–H and O–H groups in total. The third-order valence-electron chi connectivity index (χ3n) is 5.16. The third-order valence-corrected chi connectivity index (χ3v) is 8.35. The summed E-state index contributed by atoms with van der Waals surface area (Å²) in [5.41, 5.74) is 0.745. The number of carbonyl (C=O) groups excluding carboxylic acids is 1. The van der Waals surface area contributed by atoms with Crippen LogP contribution in [0.4, 0.5) is 15.1 Å². The van der Waals surface area contributed by atoms with E-state index in [1.165, 1.54) is 37.4 Å². The van der Waals surface area contributed by atoms with Gasteiger partial charge < -0.3 is 9.47 Å². The monoisotopic (exact) mass is 526 g/mol. The van der Waals surface area contributed by atoms with Gasteiger partial charge in [-0.3, -0.25) is 4.55 Å². The summed E-state index contributed by atoms with van der Waals surface area (Å²) < 4.78 is 73.5. The van der Waals surface area contributed by atoms with Gasteiger partial charge in [-0.1, -0.05) is 0 Å². The van der Waals surface area contributed by atoms with E-state index in [-0.39, 0.29) is 28.7 Å². The third kappa shape index (κ3) is 4.43. The molecular formula is C21H19FN2O7S3. The first-order chi connectivity index (χ1) is 16.0. The second kappa shape index (κ2) is 9.06. The molecule has 2 heterocycles. The van der Waals surface area contributed by atoms with Crippen molar-refractivity contribution in [3.05, 3.63) is 53.3 Å². The van der Waals surface area contributed by atoms with Crippen LogP contribution in [0.25, 0.3) is 10.1 Å². The second-order valence-electron chi connectivity index (χ2n) is 7.44. The first kappa shape index (κ1) is 24.3. The van der Waals surface area contributed by atoms with E-state index < -0.39 is 38.9 Å². The lowest BCUT2D eigenvalue weighted by atomic mass is 10.1. The normalized spacial score (nSPS) is 16.7. The Morgan fingerprint density at radius 1 is 1.32 bits per heavy atom. The molecule has 0 spiro atoms. The Hall–Kier alpha value is -2.87. The summed E-state index contributed by atoms with van der Waals surface area (Å²) in [7, 11) is -2.68. The molecule has 13 heteroatoms. The topological polar surface area (TPSA) is 123 Å². The number of esters is 1. The van der Waals surface area contributed by atoms with Gasteiger partial charge in [-0.2, -0.15) is 0 Å². The number of methoxy groups -OCH3 is 1. The maximum Gasteiger partial charge on any atom is 0.334 e. The summed E-state index contributed by atoms with van der Waals surface area (Å²) in [6, 6.07) is 7.39. The molecule has 0 fully saturated rings. The number of fused-ring (bicyclic) bond motifs is 1. The number of nitrogens with zero attached hydrogens (tertiary/aromatic N) is 2. The molecule has 2 atom stereocenters. The molecule has 4 rings (SSSR count). The summed E-state index contributed by atoms with van der Waals surface area (Å²) in [6.45, 7) is 1.61. The van der Waals surface area contributed by atoms with Crippen LogP contribution >= 0.6 is 11.3 Å². The number of anilines is 2. The molecular weight excluding hydrogens is 507 g/mol. The molecule has 9 nitrogen and oxygen atoms in total. The zero-order valence-corrected chi connectivity index (χ0v) is 20.6. The van der Waals surface area contributed by atoms with Crippen molar-refractivity contribution in [2.45, 2.75) is 17.9 Å². The maximum absolute atomic E-state index is 13.8. The number of aliphatic imine (C=N–C) groups is 1. The van der Waals surface area contributed by atoms with Gasteiger partial charge in [0.2, 0.25) is 5.90 Å². The van der Waals surface area contributed by atoms with E-state index in [4.69, 9.17) is 4.74 Å². The van der Waals surface area contributed by atoms with E-state index in [1.807, 2.05) is 0 Å². The van der Waals surface area contributed by atoms with Crippen molar-refractivity contribution in [3.8, 4) is 0 Å². The van der Waals surface area contributed by atoms with Crippen LogP contribution in [0.1, 0.15) is 11.1 Å². The van der Waals surface area contributed by atoms with Crippen LogP contribution in [-0.2, 0) is 35.4 Å². The minimum Gasteiger partial charge on any atom is -0.475 e. The number of hydrogen-bond acceptors (Lipinski definition) is 8. The highest BCUT2D eigenvalue weighted by Gasteiger charge is 2.31. The van der Waals surface area contributed by atoms with Crippen molar-refractivity contribution in [3.63, 3.8) is 0 Å². The van der Waals surface area contributed by atoms with Crippen molar-refractivity contribution in [1.29, 1.82) is 0 Å². The molecule has 2 unspecified atom stereocenters. The number of ether oxygens (including phenoxy) is 2. The Balaban J connectivity index is 1.87. The molecule has 0 saturated heterocycles. The highest BCUT2D eigenvalue weighted by molar-refractivity contribution is 7.91. The summed E-state index contributed by atoms with van der Waals surface area (Å²) in [4.78, 5) is 15.6. The Morgan fingerprint density at radius 2 is 2.06 bits per heavy atom. The number of benzene rings is 2. The summed E-state index contributed by atoms with van der Waals surface area (Å²) in [6.07, 6.45) is 0.968. The van der Waals surface area contributed by atoms with Gasteiger partial charge in [0.25, 0.3) is 11.3 Å². The van der Waals surface area contributed by atoms with Crippen molar-refractivity contribution in [2.24, 2.45) is 4.99 Å². The minimum absolute atomic E-state index is 0.0506. The minimum atomic E-state index is -3.90. The lowest BCUT2D eigenvalue weighted by Gasteiger charge is -2.22. The zero-order chi connectivity index (χ0) is 24.8. The van der Waals surface area contributed by atoms with Crippen molar-refractivity contribution < 1.29 is 35.8 Å². The Bertz CT molecular complexity index is 1470. The molecule has 3 aromatic rings. The zero-order valence-electron chi connectivity index (χ0n) is 18.1. The average molecular weight is 527 g/mol. The van der Waals surface area contributed by atoms with Gasteiger partial charge in [0.05, 0.1) is 17.7 Å². The van der Waals surface area contributed by atoms with Gasteiger partial charge in [0, 0.05) is 21.9 Å². The number of rotatable bonds is 6. The maximum atomic E-state index is 13.8. The molecule has 0 radical (unpaired) electrons. The van der Waals surface area contributed by atoms with Crippen LogP contribution in [0.5, 0.6) is 0 Å². The molecule has 1 aliphatic heterocycles. The molecule has 2 aromatic carbocycles. The van der Waals surface area contributed by atoms with E-state index >= 15 is 0 Å². The average Bonchev–Trinajstić information content (AvgIpc) is 3.39. The number of thiophene rings is 1. The van der Waals surface area contributed by atoms with Gasteiger partial charge in [-0.25, -0.2) is 31.1 Å². The van der Waals surface area contributed by atoms with Crippen molar-refractivity contribution in [1.82, 2.24) is 0 Å². The molecule has 0 aliphatic carbocycles. The molecule has 0 saturated carbocycles. The van der Waals surface area contributed by atoms with Gasteiger partial charge in [-0.15, -0.1) is 11.3 Å². The number of halogens is 1. The number of aryl methyl sites for hydroxylation is 1. The van der Waals surface area contributed by atoms with E-state index in [9.17, 15) is 26.4 Å². The Morgan fingerprint density at radius 3 is 2.71 bits per heavy atom. The van der Waals surface area contributed by atoms with Crippen LogP contribution in [0.15, 0.2) is 46.3 Å². The van der Waals surface area contributed by atoms with E-state index in [0.29, 0.717) is 20.7 Å². The van der Waals surface area contributed by atoms with Crippen LogP contribution < -0.4 is 4.31 Å². The fourth-order valence-corrected chi connectivity index (χ4v) is 6.50. The molecule has 1 aliphatic rings. The molecule has 34 heavy (non-hydrogen) atoms. The smallest absolute Gasteiger partial charge is 0.334 e. The fourth-order valence-electron chi connectivity index (χ4n) is 3.54. The van der Waals surface area contributed by atoms with Gasteiger partial charge in [0.1, 0.15) is 17.4 Å². The fraction of sp³-hybridized carbons (Fsp3) is 0.238. The SMILES string of the molecule is COC(=O)C1COC(c2ccc(N(c3sc4ccc(F)cc4c3C)S(=O)O)c(S(C)(=O)=O)c2)=N1. The predicted molar refractivity (Wildman–Crippen MR) is 127 cm³/mol. The van der Waals surface area contributed by atoms with Crippen LogP contribution in [0.2, 0.25) is 0 Å². The highest BCUT2D eigenvalue weighted by atomic mass is 32.2. The second-order valence-corrected chi connectivity index (χ2v) is 11.3. The van der Waals surface area contributed by atoms with E-state index in [2.05, 4.69) is 9.73 Å². The van der Waals surface area contributed by atoms with Gasteiger partial charge in [0.15, 0.2) is 15.9 Å². The number of carbonyl (C=O) groups is 1. The quantitative estimate of drug-likeness (QED) is 0.386.